The molecule has 0 aliphatic rings. The first-order chi connectivity index (χ1) is 9.40. The Hall–Kier alpha value is -1.81. The van der Waals surface area contributed by atoms with Gasteiger partial charge in [-0.1, -0.05) is 18.5 Å². The molecule has 1 N–H and O–H groups in total. The second kappa shape index (κ2) is 5.67. The minimum absolute atomic E-state index is 0.421. The van der Waals surface area contributed by atoms with Gasteiger partial charge in [0.15, 0.2) is 0 Å². The summed E-state index contributed by atoms with van der Waals surface area (Å²) in [5, 5.41) is 14.2. The molecule has 1 atom stereocenters. The first-order valence-electron chi connectivity index (χ1n) is 6.44. The van der Waals surface area contributed by atoms with E-state index >= 15 is 0 Å². The second-order valence-electron chi connectivity index (χ2n) is 4.98. The molecule has 1 aromatic heterocycles. The van der Waals surface area contributed by atoms with Crippen LogP contribution in [0.1, 0.15) is 23.9 Å². The van der Waals surface area contributed by atoms with Crippen molar-refractivity contribution in [3.63, 3.8) is 0 Å². The zero-order chi connectivity index (χ0) is 14.9. The van der Waals surface area contributed by atoms with E-state index in [9.17, 15) is 4.79 Å². The minimum atomic E-state index is -0.789. The van der Waals surface area contributed by atoms with Gasteiger partial charge in [0.05, 0.1) is 17.3 Å². The van der Waals surface area contributed by atoms with Gasteiger partial charge in [-0.2, -0.15) is 5.10 Å². The van der Waals surface area contributed by atoms with Gasteiger partial charge in [0.2, 0.25) is 0 Å². The fraction of sp³-hybridized carbons (Fsp3) is 0.333. The van der Waals surface area contributed by atoms with Crippen molar-refractivity contribution in [2.75, 3.05) is 0 Å². The molecule has 1 unspecified atom stereocenters. The minimum Gasteiger partial charge on any atom is -0.481 e. The highest BCUT2D eigenvalue weighted by molar-refractivity contribution is 6.30. The molecule has 0 radical (unpaired) electrons. The summed E-state index contributed by atoms with van der Waals surface area (Å²) in [6, 6.07) is 7.41. The van der Waals surface area contributed by atoms with E-state index in [0.29, 0.717) is 11.4 Å². The molecule has 20 heavy (non-hydrogen) atoms. The molecule has 0 aliphatic carbocycles. The van der Waals surface area contributed by atoms with E-state index in [0.717, 1.165) is 22.6 Å². The van der Waals surface area contributed by atoms with Crippen LogP contribution in [0.15, 0.2) is 24.3 Å². The molecule has 2 rings (SSSR count). The molecule has 0 spiro atoms. The van der Waals surface area contributed by atoms with E-state index in [4.69, 9.17) is 16.7 Å². The normalized spacial score (nSPS) is 12.4. The molecule has 0 bridgehead atoms. The second-order valence-corrected chi connectivity index (χ2v) is 5.42. The number of aromatic nitrogens is 2. The number of nitrogens with zero attached hydrogens (tertiary/aromatic N) is 2. The number of hydrogen-bond acceptors (Lipinski definition) is 2. The molecule has 0 saturated heterocycles. The van der Waals surface area contributed by atoms with Crippen LogP contribution >= 0.6 is 11.6 Å². The highest BCUT2D eigenvalue weighted by Crippen LogP contribution is 2.22. The number of aryl methyl sites for hydroxylation is 1. The van der Waals surface area contributed by atoms with E-state index in [2.05, 4.69) is 5.10 Å². The molecule has 2 aromatic rings. The van der Waals surface area contributed by atoms with Gasteiger partial charge in [0.25, 0.3) is 0 Å². The number of aliphatic carboxylic acids is 1. The van der Waals surface area contributed by atoms with Crippen molar-refractivity contribution in [3.05, 3.63) is 46.2 Å². The first-order valence-corrected chi connectivity index (χ1v) is 6.81. The third-order valence-electron chi connectivity index (χ3n) is 3.44. The molecule has 1 aromatic carbocycles. The lowest BCUT2D eigenvalue weighted by molar-refractivity contribution is -0.141. The van der Waals surface area contributed by atoms with Crippen molar-refractivity contribution in [3.8, 4) is 5.69 Å². The zero-order valence-electron chi connectivity index (χ0n) is 11.7. The van der Waals surface area contributed by atoms with Gasteiger partial charge in [-0.25, -0.2) is 4.68 Å². The Morgan fingerprint density at radius 3 is 2.50 bits per heavy atom. The van der Waals surface area contributed by atoms with Gasteiger partial charge in [-0.15, -0.1) is 0 Å². The molecule has 0 aliphatic heterocycles. The fourth-order valence-electron chi connectivity index (χ4n) is 2.20. The van der Waals surface area contributed by atoms with Crippen LogP contribution in [0, 0.1) is 19.8 Å². The van der Waals surface area contributed by atoms with Gasteiger partial charge in [-0.05, 0) is 50.1 Å². The van der Waals surface area contributed by atoms with Crippen molar-refractivity contribution in [1.82, 2.24) is 9.78 Å². The third-order valence-corrected chi connectivity index (χ3v) is 3.70. The average Bonchev–Trinajstić information content (AvgIpc) is 2.67. The highest BCUT2D eigenvalue weighted by atomic mass is 35.5. The number of halogens is 1. The largest absolute Gasteiger partial charge is 0.481 e. The summed E-state index contributed by atoms with van der Waals surface area (Å²) in [6.45, 7) is 5.57. The van der Waals surface area contributed by atoms with Crippen molar-refractivity contribution in [1.29, 1.82) is 0 Å². The molecule has 4 nitrogen and oxygen atoms in total. The number of rotatable bonds is 4. The van der Waals surface area contributed by atoms with Crippen LogP contribution in [0.25, 0.3) is 5.69 Å². The van der Waals surface area contributed by atoms with Crippen LogP contribution in [-0.4, -0.2) is 20.9 Å². The maximum absolute atomic E-state index is 11.0. The molecular weight excluding hydrogens is 276 g/mol. The van der Waals surface area contributed by atoms with E-state index in [1.54, 1.807) is 6.92 Å². The summed E-state index contributed by atoms with van der Waals surface area (Å²) < 4.78 is 1.83. The first kappa shape index (κ1) is 14.6. The Morgan fingerprint density at radius 1 is 1.35 bits per heavy atom. The van der Waals surface area contributed by atoms with Gasteiger partial charge >= 0.3 is 5.97 Å². The molecule has 1 heterocycles. The summed E-state index contributed by atoms with van der Waals surface area (Å²) >= 11 is 5.88. The number of carboxylic acid groups (broad SMARTS) is 1. The van der Waals surface area contributed by atoms with E-state index in [1.807, 2.05) is 42.8 Å². The van der Waals surface area contributed by atoms with Gasteiger partial charge in [-0.3, -0.25) is 4.79 Å². The van der Waals surface area contributed by atoms with Crippen molar-refractivity contribution in [2.24, 2.45) is 5.92 Å². The Kier molecular flexibility index (Phi) is 4.14. The fourth-order valence-corrected chi connectivity index (χ4v) is 2.32. The van der Waals surface area contributed by atoms with Gasteiger partial charge in [0.1, 0.15) is 0 Å². The van der Waals surface area contributed by atoms with E-state index in [-0.39, 0.29) is 0 Å². The molecular formula is C15H17ClN2O2. The van der Waals surface area contributed by atoms with Crippen molar-refractivity contribution >= 4 is 17.6 Å². The number of carboxylic acids is 1. The number of carbonyl (C=O) groups is 1. The Morgan fingerprint density at radius 2 is 1.95 bits per heavy atom. The standard InChI is InChI=1S/C15H17ClN2O2/c1-9(15(19)20)8-14-10(2)17-18(11(14)3)13-6-4-12(16)5-7-13/h4-7,9H,8H2,1-3H3,(H,19,20). The average molecular weight is 293 g/mol. The Bertz CT molecular complexity index is 632. The molecule has 0 saturated carbocycles. The van der Waals surface area contributed by atoms with Crippen LogP contribution in [0.5, 0.6) is 0 Å². The lowest BCUT2D eigenvalue weighted by atomic mass is 10.00. The van der Waals surface area contributed by atoms with Crippen LogP contribution in [0.4, 0.5) is 0 Å². The zero-order valence-corrected chi connectivity index (χ0v) is 12.5. The third kappa shape index (κ3) is 2.85. The van der Waals surface area contributed by atoms with E-state index < -0.39 is 11.9 Å². The number of hydrogen-bond donors (Lipinski definition) is 1. The predicted octanol–water partition coefficient (Wildman–Crippen LogP) is 3.41. The van der Waals surface area contributed by atoms with Crippen molar-refractivity contribution in [2.45, 2.75) is 27.2 Å². The molecule has 0 amide bonds. The summed E-state index contributed by atoms with van der Waals surface area (Å²) in [6.07, 6.45) is 0.487. The highest BCUT2D eigenvalue weighted by Gasteiger charge is 2.18. The van der Waals surface area contributed by atoms with E-state index in [1.165, 1.54) is 0 Å². The summed E-state index contributed by atoms with van der Waals surface area (Å²) in [5.41, 5.74) is 3.75. The Labute approximate surface area is 123 Å². The van der Waals surface area contributed by atoms with Crippen LogP contribution < -0.4 is 0 Å². The maximum Gasteiger partial charge on any atom is 0.306 e. The molecule has 5 heteroatoms. The van der Waals surface area contributed by atoms with Crippen molar-refractivity contribution < 1.29 is 9.90 Å². The van der Waals surface area contributed by atoms with Gasteiger partial charge < -0.3 is 5.11 Å². The van der Waals surface area contributed by atoms with Crippen LogP contribution in [0.2, 0.25) is 5.02 Å². The van der Waals surface area contributed by atoms with Crippen LogP contribution in [-0.2, 0) is 11.2 Å². The lowest BCUT2D eigenvalue weighted by Gasteiger charge is -2.08. The van der Waals surface area contributed by atoms with Gasteiger partial charge in [0, 0.05) is 10.7 Å². The summed E-state index contributed by atoms with van der Waals surface area (Å²) in [4.78, 5) is 11.0. The summed E-state index contributed by atoms with van der Waals surface area (Å²) in [5.74, 6) is -1.21. The molecule has 106 valence electrons. The summed E-state index contributed by atoms with van der Waals surface area (Å²) in [7, 11) is 0. The lowest BCUT2D eigenvalue weighted by Crippen LogP contribution is -2.13. The SMILES string of the molecule is Cc1nn(-c2ccc(Cl)cc2)c(C)c1CC(C)C(=O)O. The Balaban J connectivity index is 2.38. The quantitative estimate of drug-likeness (QED) is 0.939. The topological polar surface area (TPSA) is 55.1 Å². The monoisotopic (exact) mass is 292 g/mol. The van der Waals surface area contributed by atoms with Crippen LogP contribution in [0.3, 0.4) is 0 Å². The maximum atomic E-state index is 11.0. The number of benzene rings is 1. The molecule has 0 fully saturated rings. The predicted molar refractivity (Wildman–Crippen MR) is 78.6 cm³/mol. The smallest absolute Gasteiger partial charge is 0.306 e.